The van der Waals surface area contributed by atoms with E-state index in [4.69, 9.17) is 0 Å². The van der Waals surface area contributed by atoms with Gasteiger partial charge in [-0.1, -0.05) is 20.3 Å². The van der Waals surface area contributed by atoms with E-state index in [0.717, 1.165) is 6.42 Å². The molecule has 0 amide bonds. The first-order chi connectivity index (χ1) is 7.48. The van der Waals surface area contributed by atoms with Gasteiger partial charge in [-0.3, -0.25) is 9.55 Å². The molecule has 1 rings (SSSR count). The Hall–Kier alpha value is -0.700. The SMILES string of the molecule is CCCC(CC)(c1ccncc1)P(=O)(O)O. The lowest BCUT2D eigenvalue weighted by molar-refractivity contribution is 0.310. The normalized spacial score (nSPS) is 15.8. The Balaban J connectivity index is 3.29. The molecule has 16 heavy (non-hydrogen) atoms. The largest absolute Gasteiger partial charge is 0.335 e. The van der Waals surface area contributed by atoms with Crippen LogP contribution in [0.2, 0.25) is 0 Å². The Bertz CT molecular complexity index is 376. The Kier molecular flexibility index (Phi) is 4.25. The van der Waals surface area contributed by atoms with Gasteiger partial charge in [0.25, 0.3) is 0 Å². The molecule has 0 aliphatic carbocycles. The fraction of sp³-hybridized carbons (Fsp3) is 0.545. The zero-order valence-corrected chi connectivity index (χ0v) is 10.5. The summed E-state index contributed by atoms with van der Waals surface area (Å²) in [7, 11) is -4.17. The van der Waals surface area contributed by atoms with E-state index in [2.05, 4.69) is 4.98 Å². The molecular weight excluding hydrogens is 225 g/mol. The molecule has 0 bridgehead atoms. The predicted molar refractivity (Wildman–Crippen MR) is 63.2 cm³/mol. The van der Waals surface area contributed by atoms with Gasteiger partial charge in [0.1, 0.15) is 0 Å². The van der Waals surface area contributed by atoms with Gasteiger partial charge in [0.15, 0.2) is 0 Å². The fourth-order valence-corrected chi connectivity index (χ4v) is 3.53. The first kappa shape index (κ1) is 13.4. The number of pyridine rings is 1. The van der Waals surface area contributed by atoms with Crippen LogP contribution >= 0.6 is 7.60 Å². The average molecular weight is 243 g/mol. The molecule has 0 saturated heterocycles. The smallest absolute Gasteiger partial charge is 0.324 e. The molecule has 0 aliphatic rings. The minimum atomic E-state index is -4.17. The number of aromatic nitrogens is 1. The van der Waals surface area contributed by atoms with Crippen LogP contribution in [-0.4, -0.2) is 14.8 Å². The standard InChI is InChI=1S/C11H18NO3P/c1-3-7-11(4-2,16(13,14)15)10-5-8-12-9-6-10/h5-6,8-9H,3-4,7H2,1-2H3,(H2,13,14,15). The molecule has 0 fully saturated rings. The van der Waals surface area contributed by atoms with E-state index in [1.165, 1.54) is 0 Å². The Labute approximate surface area is 95.9 Å². The van der Waals surface area contributed by atoms with Crippen molar-refractivity contribution in [3.05, 3.63) is 30.1 Å². The summed E-state index contributed by atoms with van der Waals surface area (Å²) in [6, 6.07) is 3.39. The van der Waals surface area contributed by atoms with Gasteiger partial charge in [-0.25, -0.2) is 0 Å². The highest BCUT2D eigenvalue weighted by atomic mass is 31.2. The Morgan fingerprint density at radius 2 is 1.88 bits per heavy atom. The minimum absolute atomic E-state index is 0.426. The molecular formula is C11H18NO3P. The van der Waals surface area contributed by atoms with Crippen LogP contribution in [-0.2, 0) is 9.72 Å². The van der Waals surface area contributed by atoms with E-state index in [-0.39, 0.29) is 0 Å². The third-order valence-electron chi connectivity index (χ3n) is 3.02. The molecule has 1 unspecified atom stereocenters. The van der Waals surface area contributed by atoms with Gasteiger partial charge in [0, 0.05) is 12.4 Å². The summed E-state index contributed by atoms with van der Waals surface area (Å²) in [5, 5.41) is -1.05. The van der Waals surface area contributed by atoms with Gasteiger partial charge in [-0.2, -0.15) is 0 Å². The van der Waals surface area contributed by atoms with Crippen molar-refractivity contribution in [2.24, 2.45) is 0 Å². The highest BCUT2D eigenvalue weighted by Crippen LogP contribution is 2.61. The third-order valence-corrected chi connectivity index (χ3v) is 4.94. The zero-order chi connectivity index (χ0) is 12.2. The summed E-state index contributed by atoms with van der Waals surface area (Å²) >= 11 is 0. The van der Waals surface area contributed by atoms with E-state index >= 15 is 0 Å². The first-order valence-electron chi connectivity index (χ1n) is 5.44. The number of hydrogen-bond donors (Lipinski definition) is 2. The van der Waals surface area contributed by atoms with Crippen LogP contribution in [0.5, 0.6) is 0 Å². The highest BCUT2D eigenvalue weighted by molar-refractivity contribution is 7.53. The lowest BCUT2D eigenvalue weighted by Gasteiger charge is -2.33. The topological polar surface area (TPSA) is 70.4 Å². The van der Waals surface area contributed by atoms with Gasteiger partial charge < -0.3 is 9.79 Å². The molecule has 2 N–H and O–H groups in total. The number of nitrogens with zero attached hydrogens (tertiary/aromatic N) is 1. The maximum atomic E-state index is 11.7. The van der Waals surface area contributed by atoms with Crippen molar-refractivity contribution < 1.29 is 14.4 Å². The summed E-state index contributed by atoms with van der Waals surface area (Å²) in [4.78, 5) is 23.1. The Morgan fingerprint density at radius 1 is 1.31 bits per heavy atom. The molecule has 0 spiro atoms. The van der Waals surface area contributed by atoms with Gasteiger partial charge in [0.05, 0.1) is 5.16 Å². The highest BCUT2D eigenvalue weighted by Gasteiger charge is 2.45. The van der Waals surface area contributed by atoms with Crippen LogP contribution in [0.1, 0.15) is 38.7 Å². The minimum Gasteiger partial charge on any atom is -0.324 e. The van der Waals surface area contributed by atoms with Crippen molar-refractivity contribution in [2.45, 2.75) is 38.3 Å². The quantitative estimate of drug-likeness (QED) is 0.780. The molecule has 0 saturated carbocycles. The molecule has 4 nitrogen and oxygen atoms in total. The van der Waals surface area contributed by atoms with E-state index in [1.807, 2.05) is 13.8 Å². The number of hydrogen-bond acceptors (Lipinski definition) is 2. The van der Waals surface area contributed by atoms with Crippen LogP contribution in [0, 0.1) is 0 Å². The average Bonchev–Trinajstić information content (AvgIpc) is 2.25. The van der Waals surface area contributed by atoms with E-state index in [9.17, 15) is 14.4 Å². The predicted octanol–water partition coefficient (Wildman–Crippen LogP) is 2.66. The van der Waals surface area contributed by atoms with Crippen molar-refractivity contribution in [1.29, 1.82) is 0 Å². The fourth-order valence-electron chi connectivity index (χ4n) is 2.12. The van der Waals surface area contributed by atoms with Crippen molar-refractivity contribution in [2.75, 3.05) is 0 Å². The maximum absolute atomic E-state index is 11.7. The summed E-state index contributed by atoms with van der Waals surface area (Å²) in [6.07, 6.45) is 4.80. The third kappa shape index (κ3) is 2.34. The molecule has 1 heterocycles. The van der Waals surface area contributed by atoms with Gasteiger partial charge in [-0.05, 0) is 30.5 Å². The molecule has 0 aromatic carbocycles. The van der Waals surface area contributed by atoms with Crippen molar-refractivity contribution in [3.63, 3.8) is 0 Å². The second kappa shape index (κ2) is 5.09. The van der Waals surface area contributed by atoms with Gasteiger partial charge >= 0.3 is 7.60 Å². The van der Waals surface area contributed by atoms with Crippen molar-refractivity contribution in [3.8, 4) is 0 Å². The van der Waals surface area contributed by atoms with Crippen LogP contribution in [0.4, 0.5) is 0 Å². The van der Waals surface area contributed by atoms with Crippen LogP contribution in [0.15, 0.2) is 24.5 Å². The second-order valence-corrected chi connectivity index (χ2v) is 5.86. The molecule has 1 aromatic rings. The molecule has 1 atom stereocenters. The maximum Gasteiger partial charge on any atom is 0.335 e. The van der Waals surface area contributed by atoms with Gasteiger partial charge in [0.2, 0.25) is 0 Å². The molecule has 1 aromatic heterocycles. The van der Waals surface area contributed by atoms with E-state index in [0.29, 0.717) is 18.4 Å². The second-order valence-electron chi connectivity index (χ2n) is 3.92. The van der Waals surface area contributed by atoms with Crippen molar-refractivity contribution >= 4 is 7.60 Å². The van der Waals surface area contributed by atoms with Crippen molar-refractivity contribution in [1.82, 2.24) is 4.98 Å². The lowest BCUT2D eigenvalue weighted by Crippen LogP contribution is -2.25. The first-order valence-corrected chi connectivity index (χ1v) is 7.05. The summed E-state index contributed by atoms with van der Waals surface area (Å²) < 4.78 is 11.7. The molecule has 0 radical (unpaired) electrons. The molecule has 5 heteroatoms. The van der Waals surface area contributed by atoms with Gasteiger partial charge in [-0.15, -0.1) is 0 Å². The van der Waals surface area contributed by atoms with Crippen LogP contribution in [0.25, 0.3) is 0 Å². The van der Waals surface area contributed by atoms with Crippen LogP contribution in [0.3, 0.4) is 0 Å². The number of rotatable bonds is 5. The summed E-state index contributed by atoms with van der Waals surface area (Å²) in [6.45, 7) is 3.75. The Morgan fingerprint density at radius 3 is 2.25 bits per heavy atom. The molecule has 90 valence electrons. The molecule has 0 aliphatic heterocycles. The summed E-state index contributed by atoms with van der Waals surface area (Å²) in [5.41, 5.74) is 0.681. The van der Waals surface area contributed by atoms with E-state index < -0.39 is 12.8 Å². The monoisotopic (exact) mass is 243 g/mol. The van der Waals surface area contributed by atoms with E-state index in [1.54, 1.807) is 24.5 Å². The zero-order valence-electron chi connectivity index (χ0n) is 9.63. The lowest BCUT2D eigenvalue weighted by atomic mass is 9.91. The summed E-state index contributed by atoms with van der Waals surface area (Å²) in [5.74, 6) is 0. The van der Waals surface area contributed by atoms with Crippen LogP contribution < -0.4 is 0 Å².